The molecule has 1 aliphatic rings. The van der Waals surface area contributed by atoms with Crippen molar-refractivity contribution >= 4 is 0 Å². The number of aryl methyl sites for hydroxylation is 1. The highest BCUT2D eigenvalue weighted by Crippen LogP contribution is 2.25. The van der Waals surface area contributed by atoms with Crippen molar-refractivity contribution in [1.29, 1.82) is 0 Å². The summed E-state index contributed by atoms with van der Waals surface area (Å²) in [5, 5.41) is 3.59. The zero-order valence-corrected chi connectivity index (χ0v) is 11.1. The van der Waals surface area contributed by atoms with Crippen molar-refractivity contribution in [2.45, 2.75) is 58.5 Å². The van der Waals surface area contributed by atoms with Gasteiger partial charge in [-0.2, -0.15) is 0 Å². The highest BCUT2D eigenvalue weighted by Gasteiger charge is 2.12. The number of rotatable bonds is 6. The highest BCUT2D eigenvalue weighted by molar-refractivity contribution is 5.06. The molecule has 0 aromatic carbocycles. The molecule has 0 atom stereocenters. The molecule has 1 aromatic heterocycles. The van der Waals surface area contributed by atoms with Crippen molar-refractivity contribution < 1.29 is 0 Å². The third-order valence-electron chi connectivity index (χ3n) is 4.02. The predicted molar refractivity (Wildman–Crippen MR) is 73.0 cm³/mol. The van der Waals surface area contributed by atoms with Gasteiger partial charge in [0.1, 0.15) is 0 Å². The number of nitrogens with zero attached hydrogens (tertiary/aromatic N) is 1. The first-order valence-corrected chi connectivity index (χ1v) is 7.25. The molecule has 2 rings (SSSR count). The van der Waals surface area contributed by atoms with E-state index in [9.17, 15) is 0 Å². The Kier molecular flexibility index (Phi) is 5.11. The predicted octanol–water partition coefficient (Wildman–Crippen LogP) is 3.57. The number of hydrogen-bond acceptors (Lipinski definition) is 1. The number of hydrogen-bond donors (Lipinski definition) is 1. The van der Waals surface area contributed by atoms with Crippen molar-refractivity contribution in [3.63, 3.8) is 0 Å². The molecule has 0 aliphatic heterocycles. The monoisotopic (exact) mass is 234 g/mol. The van der Waals surface area contributed by atoms with Gasteiger partial charge in [0.05, 0.1) is 0 Å². The summed E-state index contributed by atoms with van der Waals surface area (Å²) >= 11 is 0. The molecule has 96 valence electrons. The van der Waals surface area contributed by atoms with Gasteiger partial charge >= 0.3 is 0 Å². The fourth-order valence-electron chi connectivity index (χ4n) is 2.92. The molecule has 0 saturated heterocycles. The number of aromatic nitrogens is 1. The Labute approximate surface area is 105 Å². The van der Waals surface area contributed by atoms with E-state index in [2.05, 4.69) is 35.1 Å². The Morgan fingerprint density at radius 1 is 1.29 bits per heavy atom. The zero-order valence-electron chi connectivity index (χ0n) is 11.1. The summed E-state index contributed by atoms with van der Waals surface area (Å²) in [7, 11) is 0. The molecule has 0 unspecified atom stereocenters. The maximum absolute atomic E-state index is 3.59. The first kappa shape index (κ1) is 12.7. The minimum atomic E-state index is 0.995. The molecule has 0 spiro atoms. The van der Waals surface area contributed by atoms with Gasteiger partial charge in [-0.3, -0.25) is 0 Å². The Bertz CT molecular complexity index is 310. The highest BCUT2D eigenvalue weighted by atomic mass is 15.0. The van der Waals surface area contributed by atoms with Gasteiger partial charge in [0.15, 0.2) is 0 Å². The molecule has 1 saturated carbocycles. The van der Waals surface area contributed by atoms with E-state index in [4.69, 9.17) is 0 Å². The lowest BCUT2D eigenvalue weighted by atomic mass is 9.87. The van der Waals surface area contributed by atoms with E-state index in [1.165, 1.54) is 50.8 Å². The van der Waals surface area contributed by atoms with Crippen molar-refractivity contribution in [3.8, 4) is 0 Å². The fourth-order valence-corrected chi connectivity index (χ4v) is 2.92. The topological polar surface area (TPSA) is 17.0 Å². The second kappa shape index (κ2) is 6.85. The first-order chi connectivity index (χ1) is 8.40. The van der Waals surface area contributed by atoms with Crippen molar-refractivity contribution in [1.82, 2.24) is 9.88 Å². The van der Waals surface area contributed by atoms with Crippen LogP contribution in [0.3, 0.4) is 0 Å². The van der Waals surface area contributed by atoms with Gasteiger partial charge in [-0.25, -0.2) is 0 Å². The van der Waals surface area contributed by atoms with Crippen LogP contribution in [0.1, 0.15) is 51.1 Å². The second-order valence-electron chi connectivity index (χ2n) is 5.26. The van der Waals surface area contributed by atoms with Crippen molar-refractivity contribution in [2.24, 2.45) is 5.92 Å². The minimum Gasteiger partial charge on any atom is -0.351 e. The van der Waals surface area contributed by atoms with E-state index in [-0.39, 0.29) is 0 Å². The van der Waals surface area contributed by atoms with Crippen LogP contribution in [0, 0.1) is 5.92 Å². The molecule has 0 amide bonds. The van der Waals surface area contributed by atoms with E-state index >= 15 is 0 Å². The van der Waals surface area contributed by atoms with Crippen LogP contribution in [0.4, 0.5) is 0 Å². The third kappa shape index (κ3) is 3.88. The van der Waals surface area contributed by atoms with Crippen LogP contribution < -0.4 is 5.32 Å². The lowest BCUT2D eigenvalue weighted by Crippen LogP contribution is -2.20. The quantitative estimate of drug-likeness (QED) is 0.745. The summed E-state index contributed by atoms with van der Waals surface area (Å²) in [6.07, 6.45) is 10.9. The summed E-state index contributed by atoms with van der Waals surface area (Å²) in [5.41, 5.74) is 1.41. The van der Waals surface area contributed by atoms with Crippen LogP contribution in [-0.4, -0.2) is 11.1 Å². The van der Waals surface area contributed by atoms with Crippen molar-refractivity contribution in [3.05, 3.63) is 24.0 Å². The van der Waals surface area contributed by atoms with Crippen LogP contribution in [0.2, 0.25) is 0 Å². The first-order valence-electron chi connectivity index (χ1n) is 7.25. The van der Waals surface area contributed by atoms with Crippen LogP contribution in [0.15, 0.2) is 18.3 Å². The largest absolute Gasteiger partial charge is 0.351 e. The summed E-state index contributed by atoms with van der Waals surface area (Å²) < 4.78 is 2.31. The molecular weight excluding hydrogens is 208 g/mol. The summed E-state index contributed by atoms with van der Waals surface area (Å²) in [5.74, 6) is 0.995. The van der Waals surface area contributed by atoms with Gasteiger partial charge in [0, 0.05) is 25.0 Å². The SMILES string of the molecule is CCn1cccc1CNCCC1CCCCC1. The van der Waals surface area contributed by atoms with Crippen LogP contribution >= 0.6 is 0 Å². The molecule has 0 bridgehead atoms. The molecule has 1 aromatic rings. The molecule has 1 N–H and O–H groups in total. The van der Waals surface area contributed by atoms with E-state index in [0.29, 0.717) is 0 Å². The molecule has 2 heteroatoms. The average Bonchev–Trinajstić information content (AvgIpc) is 2.83. The molecule has 17 heavy (non-hydrogen) atoms. The maximum atomic E-state index is 3.59. The van der Waals surface area contributed by atoms with Crippen LogP contribution in [0.25, 0.3) is 0 Å². The fraction of sp³-hybridized carbons (Fsp3) is 0.733. The molecule has 1 aliphatic carbocycles. The maximum Gasteiger partial charge on any atom is 0.0359 e. The molecule has 1 heterocycles. The van der Waals surface area contributed by atoms with Gasteiger partial charge in [0.25, 0.3) is 0 Å². The average molecular weight is 234 g/mol. The van der Waals surface area contributed by atoms with E-state index < -0.39 is 0 Å². The summed E-state index contributed by atoms with van der Waals surface area (Å²) in [4.78, 5) is 0. The molecule has 2 nitrogen and oxygen atoms in total. The Morgan fingerprint density at radius 2 is 2.12 bits per heavy atom. The van der Waals surface area contributed by atoms with Gasteiger partial charge in [0.2, 0.25) is 0 Å². The molecule has 1 fully saturated rings. The Morgan fingerprint density at radius 3 is 2.88 bits per heavy atom. The van der Waals surface area contributed by atoms with E-state index in [1.807, 2.05) is 0 Å². The lowest BCUT2D eigenvalue weighted by Gasteiger charge is -2.21. The molecule has 0 radical (unpaired) electrons. The van der Waals surface area contributed by atoms with E-state index in [1.54, 1.807) is 0 Å². The van der Waals surface area contributed by atoms with Gasteiger partial charge in [-0.05, 0) is 37.9 Å². The standard InChI is InChI=1S/C15H26N2/c1-2-17-12-6-9-15(17)13-16-11-10-14-7-4-3-5-8-14/h6,9,12,14,16H,2-5,7-8,10-11,13H2,1H3. The Hall–Kier alpha value is -0.760. The minimum absolute atomic E-state index is 0.995. The second-order valence-corrected chi connectivity index (χ2v) is 5.26. The Balaban J connectivity index is 1.62. The van der Waals surface area contributed by atoms with Crippen LogP contribution in [-0.2, 0) is 13.1 Å². The lowest BCUT2D eigenvalue weighted by molar-refractivity contribution is 0.333. The normalized spacial score (nSPS) is 17.5. The molecular formula is C15H26N2. The third-order valence-corrected chi connectivity index (χ3v) is 4.02. The van der Waals surface area contributed by atoms with E-state index in [0.717, 1.165) is 19.0 Å². The zero-order chi connectivity index (χ0) is 11.9. The van der Waals surface area contributed by atoms with Crippen LogP contribution in [0.5, 0.6) is 0 Å². The van der Waals surface area contributed by atoms with Gasteiger partial charge in [-0.15, -0.1) is 0 Å². The van der Waals surface area contributed by atoms with Gasteiger partial charge < -0.3 is 9.88 Å². The van der Waals surface area contributed by atoms with Crippen molar-refractivity contribution in [2.75, 3.05) is 6.54 Å². The van der Waals surface area contributed by atoms with Gasteiger partial charge in [-0.1, -0.05) is 32.1 Å². The summed E-state index contributed by atoms with van der Waals surface area (Å²) in [6, 6.07) is 4.36. The summed E-state index contributed by atoms with van der Waals surface area (Å²) in [6.45, 7) is 5.48. The number of nitrogens with one attached hydrogen (secondary N) is 1. The smallest absolute Gasteiger partial charge is 0.0359 e.